The Bertz CT molecular complexity index is 575. The van der Waals surface area contributed by atoms with E-state index >= 15 is 0 Å². The van der Waals surface area contributed by atoms with E-state index in [0.29, 0.717) is 12.3 Å². The highest BCUT2D eigenvalue weighted by Crippen LogP contribution is 2.24. The number of benzene rings is 1. The molecule has 0 aliphatic rings. The molecule has 0 unspecified atom stereocenters. The Kier molecular flexibility index (Phi) is 3.41. The molecule has 2 rings (SSSR count). The van der Waals surface area contributed by atoms with E-state index in [1.807, 2.05) is 32.0 Å². The molecule has 0 atom stereocenters. The first-order valence-electron chi connectivity index (χ1n) is 5.79. The zero-order valence-electron chi connectivity index (χ0n) is 10.7. The molecule has 0 spiro atoms. The van der Waals surface area contributed by atoms with E-state index < -0.39 is 5.97 Å². The summed E-state index contributed by atoms with van der Waals surface area (Å²) in [6, 6.07) is 5.95. The lowest BCUT2D eigenvalue weighted by Crippen LogP contribution is -2.07. The van der Waals surface area contributed by atoms with Crippen LogP contribution in [-0.2, 0) is 4.74 Å². The van der Waals surface area contributed by atoms with Gasteiger partial charge in [-0.3, -0.25) is 0 Å². The summed E-state index contributed by atoms with van der Waals surface area (Å²) in [6.07, 6.45) is 0. The van der Waals surface area contributed by atoms with Crippen molar-refractivity contribution in [3.05, 3.63) is 35.0 Å². The van der Waals surface area contributed by atoms with Crippen LogP contribution in [0.3, 0.4) is 0 Å². The third-order valence-corrected chi connectivity index (χ3v) is 2.65. The van der Waals surface area contributed by atoms with Gasteiger partial charge in [-0.2, -0.15) is 10.3 Å². The minimum Gasteiger partial charge on any atom is -0.461 e. The van der Waals surface area contributed by atoms with Crippen molar-refractivity contribution >= 4 is 5.97 Å². The van der Waals surface area contributed by atoms with Crippen LogP contribution in [0.25, 0.3) is 11.3 Å². The molecule has 0 aliphatic carbocycles. The lowest BCUT2D eigenvalue weighted by molar-refractivity contribution is 0.0520. The quantitative estimate of drug-likeness (QED) is 0.842. The predicted molar refractivity (Wildman–Crippen MR) is 67.2 cm³/mol. The molecule has 18 heavy (non-hydrogen) atoms. The van der Waals surface area contributed by atoms with Gasteiger partial charge < -0.3 is 4.74 Å². The molecule has 5 nitrogen and oxygen atoms in total. The van der Waals surface area contributed by atoms with Gasteiger partial charge in [0.1, 0.15) is 5.69 Å². The van der Waals surface area contributed by atoms with Crippen molar-refractivity contribution < 1.29 is 9.53 Å². The summed E-state index contributed by atoms with van der Waals surface area (Å²) in [6.45, 7) is 6.07. The van der Waals surface area contributed by atoms with Crippen molar-refractivity contribution in [2.75, 3.05) is 6.61 Å². The number of rotatable bonds is 3. The van der Waals surface area contributed by atoms with Gasteiger partial charge in [0.2, 0.25) is 0 Å². The SMILES string of the molecule is CCOC(=O)c1n[nH]nc1-c1ccc(C)cc1C. The van der Waals surface area contributed by atoms with Crippen LogP contribution < -0.4 is 0 Å². The number of nitrogens with zero attached hydrogens (tertiary/aromatic N) is 2. The minimum atomic E-state index is -0.457. The molecule has 1 aromatic carbocycles. The summed E-state index contributed by atoms with van der Waals surface area (Å²) < 4.78 is 4.95. The third kappa shape index (κ3) is 2.25. The zero-order valence-corrected chi connectivity index (χ0v) is 10.7. The van der Waals surface area contributed by atoms with Crippen LogP contribution in [-0.4, -0.2) is 28.0 Å². The highest BCUT2D eigenvalue weighted by Gasteiger charge is 2.19. The van der Waals surface area contributed by atoms with Crippen molar-refractivity contribution in [2.24, 2.45) is 0 Å². The maximum Gasteiger partial charge on any atom is 0.361 e. The average molecular weight is 245 g/mol. The van der Waals surface area contributed by atoms with Gasteiger partial charge in [0.15, 0.2) is 5.69 Å². The molecule has 0 aliphatic heterocycles. The number of nitrogens with one attached hydrogen (secondary N) is 1. The van der Waals surface area contributed by atoms with E-state index in [0.717, 1.165) is 16.7 Å². The Morgan fingerprint density at radius 1 is 1.33 bits per heavy atom. The van der Waals surface area contributed by atoms with Crippen molar-refractivity contribution in [3.63, 3.8) is 0 Å². The number of aryl methyl sites for hydroxylation is 2. The van der Waals surface area contributed by atoms with E-state index in [9.17, 15) is 4.79 Å². The van der Waals surface area contributed by atoms with Gasteiger partial charge >= 0.3 is 5.97 Å². The molecule has 94 valence electrons. The van der Waals surface area contributed by atoms with Crippen molar-refractivity contribution in [1.29, 1.82) is 0 Å². The largest absolute Gasteiger partial charge is 0.461 e. The lowest BCUT2D eigenvalue weighted by atomic mass is 10.0. The van der Waals surface area contributed by atoms with E-state index in [-0.39, 0.29) is 5.69 Å². The number of carbonyl (C=O) groups excluding carboxylic acids is 1. The second-order valence-corrected chi connectivity index (χ2v) is 4.06. The normalized spacial score (nSPS) is 10.4. The minimum absolute atomic E-state index is 0.226. The van der Waals surface area contributed by atoms with Crippen molar-refractivity contribution in [2.45, 2.75) is 20.8 Å². The monoisotopic (exact) mass is 245 g/mol. The highest BCUT2D eigenvalue weighted by atomic mass is 16.5. The van der Waals surface area contributed by atoms with Crippen LogP contribution in [0.2, 0.25) is 0 Å². The second kappa shape index (κ2) is 5.00. The van der Waals surface area contributed by atoms with Gasteiger partial charge in [-0.25, -0.2) is 4.79 Å². The van der Waals surface area contributed by atoms with Crippen LogP contribution in [0, 0.1) is 13.8 Å². The summed E-state index contributed by atoms with van der Waals surface area (Å²) in [5, 5.41) is 10.4. The molecule has 1 heterocycles. The average Bonchev–Trinajstić information content (AvgIpc) is 2.78. The first-order valence-corrected chi connectivity index (χ1v) is 5.79. The molecule has 1 aromatic heterocycles. The Hall–Kier alpha value is -2.17. The molecule has 2 aromatic rings. The molecule has 5 heteroatoms. The van der Waals surface area contributed by atoms with E-state index in [2.05, 4.69) is 15.4 Å². The number of hydrogen-bond acceptors (Lipinski definition) is 4. The van der Waals surface area contributed by atoms with Crippen LogP contribution in [0.4, 0.5) is 0 Å². The molecular weight excluding hydrogens is 230 g/mol. The lowest BCUT2D eigenvalue weighted by Gasteiger charge is -2.05. The van der Waals surface area contributed by atoms with Gasteiger partial charge in [-0.1, -0.05) is 23.8 Å². The number of aromatic amines is 1. The Labute approximate surface area is 105 Å². The van der Waals surface area contributed by atoms with E-state index in [1.165, 1.54) is 0 Å². The number of carbonyl (C=O) groups is 1. The fraction of sp³-hybridized carbons (Fsp3) is 0.308. The summed E-state index contributed by atoms with van der Waals surface area (Å²) >= 11 is 0. The molecule has 0 fully saturated rings. The Morgan fingerprint density at radius 3 is 2.78 bits per heavy atom. The van der Waals surface area contributed by atoms with Crippen LogP contribution in [0.15, 0.2) is 18.2 Å². The summed E-state index contributed by atoms with van der Waals surface area (Å²) in [4.78, 5) is 11.7. The van der Waals surface area contributed by atoms with Gasteiger partial charge in [0.25, 0.3) is 0 Å². The second-order valence-electron chi connectivity index (χ2n) is 4.06. The van der Waals surface area contributed by atoms with Crippen LogP contribution in [0.5, 0.6) is 0 Å². The summed E-state index contributed by atoms with van der Waals surface area (Å²) in [7, 11) is 0. The van der Waals surface area contributed by atoms with E-state index in [1.54, 1.807) is 6.92 Å². The summed E-state index contributed by atoms with van der Waals surface area (Å²) in [5.74, 6) is -0.457. The van der Waals surface area contributed by atoms with Gasteiger partial charge in [0, 0.05) is 5.56 Å². The first-order chi connectivity index (χ1) is 8.63. The Balaban J connectivity index is 2.45. The molecule has 0 bridgehead atoms. The maximum absolute atomic E-state index is 11.7. The highest BCUT2D eigenvalue weighted by molar-refractivity contribution is 5.94. The first kappa shape index (κ1) is 12.3. The number of ether oxygens (including phenoxy) is 1. The zero-order chi connectivity index (χ0) is 13.1. The predicted octanol–water partition coefficient (Wildman–Crippen LogP) is 2.27. The van der Waals surface area contributed by atoms with E-state index in [4.69, 9.17) is 4.74 Å². The molecule has 0 saturated heterocycles. The number of esters is 1. The summed E-state index contributed by atoms with van der Waals surface area (Å²) in [5.41, 5.74) is 3.86. The fourth-order valence-electron chi connectivity index (χ4n) is 1.84. The number of H-pyrrole nitrogens is 1. The van der Waals surface area contributed by atoms with Crippen molar-refractivity contribution in [1.82, 2.24) is 15.4 Å². The van der Waals surface area contributed by atoms with Crippen LogP contribution >= 0.6 is 0 Å². The topological polar surface area (TPSA) is 67.9 Å². The van der Waals surface area contributed by atoms with Gasteiger partial charge in [-0.05, 0) is 26.3 Å². The molecular formula is C13H15N3O2. The molecule has 0 radical (unpaired) electrons. The van der Waals surface area contributed by atoms with Gasteiger partial charge in [-0.15, -0.1) is 5.10 Å². The standard InChI is InChI=1S/C13H15N3O2/c1-4-18-13(17)12-11(14-16-15-12)10-6-5-8(2)7-9(10)3/h5-7H,4H2,1-3H3,(H,14,15,16). The molecule has 1 N–H and O–H groups in total. The maximum atomic E-state index is 11.7. The van der Waals surface area contributed by atoms with Gasteiger partial charge in [0.05, 0.1) is 6.61 Å². The third-order valence-electron chi connectivity index (χ3n) is 2.65. The van der Waals surface area contributed by atoms with Crippen LogP contribution in [0.1, 0.15) is 28.5 Å². The fourth-order valence-corrected chi connectivity index (χ4v) is 1.84. The Morgan fingerprint density at radius 2 is 2.11 bits per heavy atom. The molecule has 0 amide bonds. The number of aromatic nitrogens is 3. The smallest absolute Gasteiger partial charge is 0.361 e. The molecule has 0 saturated carbocycles. The number of hydrogen-bond donors (Lipinski definition) is 1. The van der Waals surface area contributed by atoms with Crippen molar-refractivity contribution in [3.8, 4) is 11.3 Å².